The molecule has 1 saturated heterocycles. The Hall–Kier alpha value is -2.84. The molecule has 192 valence electrons. The van der Waals surface area contributed by atoms with Gasteiger partial charge in [0.25, 0.3) is 0 Å². The van der Waals surface area contributed by atoms with E-state index in [0.29, 0.717) is 22.7 Å². The van der Waals surface area contributed by atoms with Crippen LogP contribution in [0.25, 0.3) is 11.0 Å². The molecule has 0 saturated carbocycles. The first-order valence-electron chi connectivity index (χ1n) is 12.3. The van der Waals surface area contributed by atoms with Gasteiger partial charge >= 0.3 is 0 Å². The Morgan fingerprint density at radius 2 is 1.92 bits per heavy atom. The van der Waals surface area contributed by atoms with Crippen LogP contribution < -0.4 is 5.32 Å². The summed E-state index contributed by atoms with van der Waals surface area (Å²) >= 11 is 6.18. The standard InChI is InChI=1S/C27H31ClF2N4O2/c1-16-4-3-5-17(2)34(16)15-26(36)33-24(12-18-6-8-22(29)23(30)11-18)25(35)9-7-19-10-20-21(28)14-32-27(20)31-13-19/h6,8,10-11,13-14,16-17,24H,3-5,7,9,12,15H2,1-2H3,(H,31,32)(H,33,36)/t16?,17?,24-/m0/s1. The largest absolute Gasteiger partial charge is 0.345 e. The Bertz CT molecular complexity index is 1240. The fourth-order valence-electron chi connectivity index (χ4n) is 4.93. The van der Waals surface area contributed by atoms with Gasteiger partial charge in [-0.3, -0.25) is 14.5 Å². The van der Waals surface area contributed by atoms with E-state index in [4.69, 9.17) is 11.6 Å². The van der Waals surface area contributed by atoms with Gasteiger partial charge in [-0.05, 0) is 68.9 Å². The highest BCUT2D eigenvalue weighted by Gasteiger charge is 2.28. The number of likely N-dealkylation sites (tertiary alicyclic amines) is 1. The summed E-state index contributed by atoms with van der Waals surface area (Å²) in [4.78, 5) is 35.7. The lowest BCUT2D eigenvalue weighted by Crippen LogP contribution is -2.51. The molecule has 2 aromatic heterocycles. The van der Waals surface area contributed by atoms with Gasteiger partial charge in [0.1, 0.15) is 5.65 Å². The molecule has 4 rings (SSSR count). The summed E-state index contributed by atoms with van der Waals surface area (Å²) in [7, 11) is 0. The Labute approximate surface area is 214 Å². The zero-order valence-electron chi connectivity index (χ0n) is 20.5. The molecule has 9 heteroatoms. The summed E-state index contributed by atoms with van der Waals surface area (Å²) < 4.78 is 27.2. The molecule has 3 heterocycles. The summed E-state index contributed by atoms with van der Waals surface area (Å²) in [5, 5.41) is 4.20. The van der Waals surface area contributed by atoms with Crippen molar-refractivity contribution in [2.24, 2.45) is 0 Å². The SMILES string of the molecule is CC1CCCC(C)N1CC(=O)N[C@@H](Cc1ccc(F)c(F)c1)C(=O)CCc1cnc2[nH]cc(Cl)c2c1. The predicted octanol–water partition coefficient (Wildman–Crippen LogP) is 4.99. The van der Waals surface area contributed by atoms with Gasteiger partial charge in [-0.25, -0.2) is 13.8 Å². The number of aromatic nitrogens is 2. The minimum Gasteiger partial charge on any atom is -0.345 e. The first-order valence-corrected chi connectivity index (χ1v) is 12.7. The predicted molar refractivity (Wildman–Crippen MR) is 136 cm³/mol. The quantitative estimate of drug-likeness (QED) is 0.420. The molecule has 2 N–H and O–H groups in total. The fraction of sp³-hybridized carbons (Fsp3) is 0.444. The first kappa shape index (κ1) is 26.2. The number of fused-ring (bicyclic) bond motifs is 1. The number of amides is 1. The number of ketones is 1. The van der Waals surface area contributed by atoms with Crippen molar-refractivity contribution in [3.05, 3.63) is 64.4 Å². The molecule has 3 atom stereocenters. The van der Waals surface area contributed by atoms with E-state index >= 15 is 0 Å². The molecule has 1 aliphatic rings. The number of carbonyl (C=O) groups excluding carboxylic acids is 2. The second-order valence-electron chi connectivity index (χ2n) is 9.72. The summed E-state index contributed by atoms with van der Waals surface area (Å²) in [5.41, 5.74) is 1.94. The van der Waals surface area contributed by atoms with E-state index in [-0.39, 0.29) is 43.2 Å². The number of aryl methyl sites for hydroxylation is 1. The lowest BCUT2D eigenvalue weighted by atomic mass is 9.96. The van der Waals surface area contributed by atoms with Crippen molar-refractivity contribution in [2.45, 2.75) is 70.5 Å². The number of nitrogens with zero attached hydrogens (tertiary/aromatic N) is 2. The summed E-state index contributed by atoms with van der Waals surface area (Å²) in [6.45, 7) is 4.40. The summed E-state index contributed by atoms with van der Waals surface area (Å²) in [5.74, 6) is -2.37. The Morgan fingerprint density at radius 3 is 2.64 bits per heavy atom. The highest BCUT2D eigenvalue weighted by molar-refractivity contribution is 6.35. The number of Topliss-reactive ketones (excluding diaryl/α,β-unsaturated/α-hetero) is 1. The number of H-pyrrole nitrogens is 1. The Morgan fingerprint density at radius 1 is 1.17 bits per heavy atom. The smallest absolute Gasteiger partial charge is 0.234 e. The number of pyridine rings is 1. The van der Waals surface area contributed by atoms with Gasteiger partial charge in [-0.2, -0.15) is 0 Å². The fourth-order valence-corrected chi connectivity index (χ4v) is 5.13. The Kier molecular flexibility index (Phi) is 8.36. The average Bonchev–Trinajstić information content (AvgIpc) is 3.22. The Balaban J connectivity index is 1.46. The van der Waals surface area contributed by atoms with Crippen LogP contribution in [0.4, 0.5) is 8.78 Å². The van der Waals surface area contributed by atoms with Crippen molar-refractivity contribution < 1.29 is 18.4 Å². The third-order valence-electron chi connectivity index (χ3n) is 7.05. The van der Waals surface area contributed by atoms with Crippen molar-refractivity contribution in [1.29, 1.82) is 0 Å². The van der Waals surface area contributed by atoms with Gasteiger partial charge in [0, 0.05) is 36.3 Å². The first-order chi connectivity index (χ1) is 17.2. The average molecular weight is 517 g/mol. The maximum atomic E-state index is 13.8. The lowest BCUT2D eigenvalue weighted by molar-refractivity contribution is -0.129. The van der Waals surface area contributed by atoms with Crippen LogP contribution in [-0.2, 0) is 22.4 Å². The number of nitrogens with one attached hydrogen (secondary N) is 2. The van der Waals surface area contributed by atoms with Crippen molar-refractivity contribution >= 4 is 34.3 Å². The van der Waals surface area contributed by atoms with Crippen molar-refractivity contribution in [1.82, 2.24) is 20.2 Å². The maximum absolute atomic E-state index is 13.8. The van der Waals surface area contributed by atoms with E-state index in [9.17, 15) is 18.4 Å². The van der Waals surface area contributed by atoms with Crippen LogP contribution in [0.1, 0.15) is 50.7 Å². The number of halogens is 3. The number of piperidine rings is 1. The third-order valence-corrected chi connectivity index (χ3v) is 7.36. The van der Waals surface area contributed by atoms with Gasteiger partial charge in [0.2, 0.25) is 5.91 Å². The third kappa shape index (κ3) is 6.28. The van der Waals surface area contributed by atoms with Gasteiger partial charge in [-0.15, -0.1) is 0 Å². The van der Waals surface area contributed by atoms with Gasteiger partial charge in [-0.1, -0.05) is 24.1 Å². The number of hydrogen-bond acceptors (Lipinski definition) is 4. The maximum Gasteiger partial charge on any atom is 0.234 e. The van der Waals surface area contributed by atoms with Crippen LogP contribution >= 0.6 is 11.6 Å². The molecule has 2 unspecified atom stereocenters. The molecule has 1 aromatic carbocycles. The van der Waals surface area contributed by atoms with Crippen molar-refractivity contribution in [3.63, 3.8) is 0 Å². The van der Waals surface area contributed by atoms with Crippen LogP contribution in [0, 0.1) is 11.6 Å². The summed E-state index contributed by atoms with van der Waals surface area (Å²) in [6.07, 6.45) is 7.17. The topological polar surface area (TPSA) is 78.1 Å². The number of carbonyl (C=O) groups is 2. The van der Waals surface area contributed by atoms with E-state index < -0.39 is 17.7 Å². The minimum atomic E-state index is -0.983. The highest BCUT2D eigenvalue weighted by Crippen LogP contribution is 2.23. The molecular formula is C27H31ClF2N4O2. The molecular weight excluding hydrogens is 486 g/mol. The lowest BCUT2D eigenvalue weighted by Gasteiger charge is -2.38. The van der Waals surface area contributed by atoms with Crippen LogP contribution in [0.3, 0.4) is 0 Å². The number of aromatic amines is 1. The van der Waals surface area contributed by atoms with Gasteiger partial charge < -0.3 is 10.3 Å². The molecule has 1 amide bonds. The van der Waals surface area contributed by atoms with E-state index in [1.54, 1.807) is 12.4 Å². The molecule has 0 spiro atoms. The van der Waals surface area contributed by atoms with Crippen LogP contribution in [-0.4, -0.2) is 51.2 Å². The monoisotopic (exact) mass is 516 g/mol. The minimum absolute atomic E-state index is 0.0772. The highest BCUT2D eigenvalue weighted by atomic mass is 35.5. The second-order valence-corrected chi connectivity index (χ2v) is 10.1. The van der Waals surface area contributed by atoms with Crippen molar-refractivity contribution in [2.75, 3.05) is 6.54 Å². The number of hydrogen-bond donors (Lipinski definition) is 2. The van der Waals surface area contributed by atoms with E-state index in [0.717, 1.165) is 42.3 Å². The van der Waals surface area contributed by atoms with Crippen LogP contribution in [0.5, 0.6) is 0 Å². The van der Waals surface area contributed by atoms with Gasteiger partial charge in [0.05, 0.1) is 17.6 Å². The van der Waals surface area contributed by atoms with Crippen LogP contribution in [0.15, 0.2) is 36.7 Å². The molecule has 6 nitrogen and oxygen atoms in total. The molecule has 1 fully saturated rings. The molecule has 0 bridgehead atoms. The molecule has 36 heavy (non-hydrogen) atoms. The van der Waals surface area contributed by atoms with E-state index in [1.165, 1.54) is 6.07 Å². The number of benzene rings is 1. The molecule has 1 aliphatic heterocycles. The normalized spacial score (nSPS) is 19.4. The van der Waals surface area contributed by atoms with Crippen LogP contribution in [0.2, 0.25) is 5.02 Å². The molecule has 0 aliphatic carbocycles. The van der Waals surface area contributed by atoms with Crippen molar-refractivity contribution in [3.8, 4) is 0 Å². The number of rotatable bonds is 9. The second kappa shape index (κ2) is 11.5. The summed E-state index contributed by atoms with van der Waals surface area (Å²) in [6, 6.07) is 5.13. The zero-order chi connectivity index (χ0) is 25.8. The van der Waals surface area contributed by atoms with E-state index in [2.05, 4.69) is 34.0 Å². The van der Waals surface area contributed by atoms with E-state index in [1.807, 2.05) is 6.07 Å². The zero-order valence-corrected chi connectivity index (χ0v) is 21.2. The molecule has 0 radical (unpaired) electrons. The van der Waals surface area contributed by atoms with Gasteiger partial charge in [0.15, 0.2) is 17.4 Å². The molecule has 3 aromatic rings.